The van der Waals surface area contributed by atoms with Gasteiger partial charge in [0.15, 0.2) is 0 Å². The second kappa shape index (κ2) is 7.41. The van der Waals surface area contributed by atoms with Gasteiger partial charge in [-0.2, -0.15) is 0 Å². The highest BCUT2D eigenvalue weighted by atomic mass is 19.1. The van der Waals surface area contributed by atoms with Crippen molar-refractivity contribution >= 4 is 23.2 Å². The Morgan fingerprint density at radius 2 is 1.96 bits per heavy atom. The predicted octanol–water partition coefficient (Wildman–Crippen LogP) is 1.83. The highest BCUT2D eigenvalue weighted by Gasteiger charge is 2.25. The van der Waals surface area contributed by atoms with Gasteiger partial charge in [0.1, 0.15) is 5.82 Å². The Labute approximate surface area is 135 Å². The largest absolute Gasteiger partial charge is 0.376 e. The average Bonchev–Trinajstić information content (AvgIpc) is 2.46. The van der Waals surface area contributed by atoms with Crippen LogP contribution in [-0.4, -0.2) is 48.6 Å². The summed E-state index contributed by atoms with van der Waals surface area (Å²) in [6.45, 7) is 6.40. The van der Waals surface area contributed by atoms with E-state index in [1.807, 2.05) is 13.8 Å². The lowest BCUT2D eigenvalue weighted by Crippen LogP contribution is -2.49. The average molecular weight is 323 g/mol. The monoisotopic (exact) mass is 323 g/mol. The molecule has 2 rings (SSSR count). The molecule has 23 heavy (non-hydrogen) atoms. The van der Waals surface area contributed by atoms with E-state index in [-0.39, 0.29) is 36.3 Å². The van der Waals surface area contributed by atoms with Crippen LogP contribution in [0.25, 0.3) is 0 Å². The van der Waals surface area contributed by atoms with Gasteiger partial charge in [0, 0.05) is 25.7 Å². The number of halogens is 1. The van der Waals surface area contributed by atoms with Gasteiger partial charge in [0.05, 0.1) is 24.4 Å². The fraction of sp³-hybridized carbons (Fsp3) is 0.500. The molecule has 0 bridgehead atoms. The summed E-state index contributed by atoms with van der Waals surface area (Å²) in [6, 6.07) is 4.24. The molecule has 1 saturated heterocycles. The van der Waals surface area contributed by atoms with Crippen molar-refractivity contribution < 1.29 is 18.7 Å². The molecule has 1 aliphatic rings. The Balaban J connectivity index is 1.95. The number of benzene rings is 1. The van der Waals surface area contributed by atoms with Crippen molar-refractivity contribution in [2.75, 3.05) is 30.3 Å². The van der Waals surface area contributed by atoms with Gasteiger partial charge in [-0.15, -0.1) is 0 Å². The zero-order valence-corrected chi connectivity index (χ0v) is 13.6. The smallest absolute Gasteiger partial charge is 0.242 e. The minimum atomic E-state index is -0.520. The maximum atomic E-state index is 13.6. The Morgan fingerprint density at radius 3 is 2.57 bits per heavy atom. The topological polar surface area (TPSA) is 70.7 Å². The van der Waals surface area contributed by atoms with E-state index in [4.69, 9.17) is 4.74 Å². The first-order chi connectivity index (χ1) is 10.8. The van der Waals surface area contributed by atoms with E-state index >= 15 is 0 Å². The second-order valence-electron chi connectivity index (χ2n) is 5.79. The lowest BCUT2D eigenvalue weighted by molar-refractivity contribution is -0.141. The summed E-state index contributed by atoms with van der Waals surface area (Å²) in [5.41, 5.74) is 0.654. The molecule has 126 valence electrons. The summed E-state index contributed by atoms with van der Waals surface area (Å²) < 4.78 is 19.2. The van der Waals surface area contributed by atoms with Crippen molar-refractivity contribution in [1.82, 2.24) is 4.90 Å². The summed E-state index contributed by atoms with van der Waals surface area (Å²) in [5, 5.41) is 5.37. The van der Waals surface area contributed by atoms with Crippen LogP contribution in [0, 0.1) is 5.82 Å². The zero-order valence-electron chi connectivity index (χ0n) is 13.6. The van der Waals surface area contributed by atoms with Crippen molar-refractivity contribution in [2.45, 2.75) is 33.0 Å². The van der Waals surface area contributed by atoms with Gasteiger partial charge in [-0.05, 0) is 32.0 Å². The summed E-state index contributed by atoms with van der Waals surface area (Å²) in [4.78, 5) is 25.1. The van der Waals surface area contributed by atoms with Crippen LogP contribution in [-0.2, 0) is 14.3 Å². The van der Waals surface area contributed by atoms with Gasteiger partial charge in [-0.3, -0.25) is 9.59 Å². The molecule has 1 fully saturated rings. The Bertz CT molecular complexity index is 584. The fourth-order valence-corrected chi connectivity index (χ4v) is 2.59. The Kier molecular flexibility index (Phi) is 5.54. The number of morpholine rings is 1. The van der Waals surface area contributed by atoms with Crippen molar-refractivity contribution in [3.05, 3.63) is 24.0 Å². The molecule has 1 aromatic carbocycles. The summed E-state index contributed by atoms with van der Waals surface area (Å²) in [5.74, 6) is -0.918. The van der Waals surface area contributed by atoms with Gasteiger partial charge >= 0.3 is 0 Å². The van der Waals surface area contributed by atoms with Crippen LogP contribution < -0.4 is 10.6 Å². The van der Waals surface area contributed by atoms with Crippen LogP contribution >= 0.6 is 0 Å². The quantitative estimate of drug-likeness (QED) is 0.887. The lowest BCUT2D eigenvalue weighted by Gasteiger charge is -2.35. The van der Waals surface area contributed by atoms with Crippen molar-refractivity contribution in [3.63, 3.8) is 0 Å². The standard InChI is InChI=1S/C16H22FN3O3/c1-10-8-20(9-11(2)23-10)16(22)7-18-13-4-5-14(17)15(6-13)19-12(3)21/h4-6,10-11,18H,7-9H2,1-3H3,(H,19,21). The summed E-state index contributed by atoms with van der Waals surface area (Å²) in [6.07, 6.45) is 0.0276. The number of rotatable bonds is 4. The van der Waals surface area contributed by atoms with E-state index in [2.05, 4.69) is 10.6 Å². The molecule has 0 spiro atoms. The van der Waals surface area contributed by atoms with E-state index in [0.717, 1.165) is 0 Å². The van der Waals surface area contributed by atoms with E-state index in [0.29, 0.717) is 18.8 Å². The molecule has 1 heterocycles. The molecule has 7 heteroatoms. The minimum Gasteiger partial charge on any atom is -0.376 e. The molecule has 6 nitrogen and oxygen atoms in total. The number of hydrogen-bond donors (Lipinski definition) is 2. The van der Waals surface area contributed by atoms with Gasteiger partial charge in [0.2, 0.25) is 11.8 Å². The molecule has 2 unspecified atom stereocenters. The van der Waals surface area contributed by atoms with Crippen molar-refractivity contribution in [2.24, 2.45) is 0 Å². The number of carbonyl (C=O) groups excluding carboxylic acids is 2. The number of hydrogen-bond acceptors (Lipinski definition) is 4. The first-order valence-electron chi connectivity index (χ1n) is 7.59. The van der Waals surface area contributed by atoms with Gasteiger partial charge in [-0.25, -0.2) is 4.39 Å². The number of anilines is 2. The molecule has 0 aliphatic carbocycles. The molecule has 1 aromatic rings. The molecular weight excluding hydrogens is 301 g/mol. The molecule has 0 aromatic heterocycles. The van der Waals surface area contributed by atoms with Crippen LogP contribution in [0.15, 0.2) is 18.2 Å². The summed E-state index contributed by atoms with van der Waals surface area (Å²) >= 11 is 0. The van der Waals surface area contributed by atoms with Gasteiger partial charge in [0.25, 0.3) is 0 Å². The zero-order chi connectivity index (χ0) is 17.0. The third-order valence-corrected chi connectivity index (χ3v) is 3.49. The molecule has 2 atom stereocenters. The first-order valence-corrected chi connectivity index (χ1v) is 7.59. The fourth-order valence-electron chi connectivity index (χ4n) is 2.59. The number of amides is 2. The van der Waals surface area contributed by atoms with Crippen LogP contribution in [0.2, 0.25) is 0 Å². The number of ether oxygens (including phenoxy) is 1. The maximum absolute atomic E-state index is 13.6. The maximum Gasteiger partial charge on any atom is 0.242 e. The summed E-state index contributed by atoms with van der Waals surface area (Å²) in [7, 11) is 0. The van der Waals surface area contributed by atoms with Crippen molar-refractivity contribution in [3.8, 4) is 0 Å². The molecule has 1 aliphatic heterocycles. The highest BCUT2D eigenvalue weighted by Crippen LogP contribution is 2.19. The third kappa shape index (κ3) is 4.92. The van der Waals surface area contributed by atoms with E-state index < -0.39 is 5.82 Å². The molecular formula is C16H22FN3O3. The minimum absolute atomic E-state index is 0.0138. The van der Waals surface area contributed by atoms with Gasteiger partial charge < -0.3 is 20.3 Å². The predicted molar refractivity (Wildman–Crippen MR) is 85.8 cm³/mol. The van der Waals surface area contributed by atoms with E-state index in [1.54, 1.807) is 4.90 Å². The molecule has 0 saturated carbocycles. The number of nitrogens with zero attached hydrogens (tertiary/aromatic N) is 1. The Hall–Kier alpha value is -2.15. The van der Waals surface area contributed by atoms with Crippen LogP contribution in [0.1, 0.15) is 20.8 Å². The third-order valence-electron chi connectivity index (χ3n) is 3.49. The molecule has 0 radical (unpaired) electrons. The van der Waals surface area contributed by atoms with E-state index in [1.165, 1.54) is 25.1 Å². The SMILES string of the molecule is CC(=O)Nc1cc(NCC(=O)N2CC(C)OC(C)C2)ccc1F. The van der Waals surface area contributed by atoms with Crippen LogP contribution in [0.5, 0.6) is 0 Å². The Morgan fingerprint density at radius 1 is 1.30 bits per heavy atom. The van der Waals surface area contributed by atoms with Crippen molar-refractivity contribution in [1.29, 1.82) is 0 Å². The van der Waals surface area contributed by atoms with Crippen LogP contribution in [0.3, 0.4) is 0 Å². The number of carbonyl (C=O) groups is 2. The van der Waals surface area contributed by atoms with E-state index in [9.17, 15) is 14.0 Å². The van der Waals surface area contributed by atoms with Gasteiger partial charge in [-0.1, -0.05) is 0 Å². The van der Waals surface area contributed by atoms with Crippen LogP contribution in [0.4, 0.5) is 15.8 Å². The lowest BCUT2D eigenvalue weighted by atomic mass is 10.2. The molecule has 2 N–H and O–H groups in total. The molecule has 2 amide bonds. The normalized spacial score (nSPS) is 21.0. The highest BCUT2D eigenvalue weighted by molar-refractivity contribution is 5.89. The second-order valence-corrected chi connectivity index (χ2v) is 5.79. The first kappa shape index (κ1) is 17.2. The number of nitrogens with one attached hydrogen (secondary N) is 2.